The molecule has 0 bridgehead atoms. The highest BCUT2D eigenvalue weighted by Gasteiger charge is 2.36. The standard InChI is InChI=1S/C32H36ClN3O4/c1-20(2)40-29-19-27-23(17-28(29)39-4)18-30(37)36(31(27)21-5-7-24(33)8-6-21)26-11-9-25(10-12-26)35(3)32(38)22-13-15-34-16-14-22/h5-12,17,19-20,22,31,34H,13-16,18H2,1-4H3. The molecule has 2 heterocycles. The fraction of sp³-hybridized carbons (Fsp3) is 0.375. The number of nitrogens with one attached hydrogen (secondary N) is 1. The molecule has 1 fully saturated rings. The minimum Gasteiger partial charge on any atom is -0.493 e. The van der Waals surface area contributed by atoms with Gasteiger partial charge < -0.3 is 24.6 Å². The molecule has 8 heteroatoms. The van der Waals surface area contributed by atoms with Gasteiger partial charge in [-0.25, -0.2) is 0 Å². The Labute approximate surface area is 241 Å². The van der Waals surface area contributed by atoms with Crippen LogP contribution in [-0.4, -0.2) is 45.2 Å². The van der Waals surface area contributed by atoms with Crippen molar-refractivity contribution in [3.05, 3.63) is 82.4 Å². The molecule has 0 aromatic heterocycles. The van der Waals surface area contributed by atoms with Crippen LogP contribution in [0, 0.1) is 5.92 Å². The molecule has 1 saturated heterocycles. The van der Waals surface area contributed by atoms with Crippen LogP contribution in [-0.2, 0) is 16.0 Å². The highest BCUT2D eigenvalue weighted by Crippen LogP contribution is 2.44. The summed E-state index contributed by atoms with van der Waals surface area (Å²) in [4.78, 5) is 30.4. The average Bonchev–Trinajstić information content (AvgIpc) is 2.96. The summed E-state index contributed by atoms with van der Waals surface area (Å²) in [5.74, 6) is 1.37. The topological polar surface area (TPSA) is 71.1 Å². The Morgan fingerprint density at radius 2 is 1.70 bits per heavy atom. The van der Waals surface area contributed by atoms with E-state index in [0.717, 1.165) is 54.0 Å². The van der Waals surface area contributed by atoms with Gasteiger partial charge in [0, 0.05) is 29.4 Å². The lowest BCUT2D eigenvalue weighted by atomic mass is 9.86. The maximum absolute atomic E-state index is 13.8. The lowest BCUT2D eigenvalue weighted by Crippen LogP contribution is -2.41. The lowest BCUT2D eigenvalue weighted by Gasteiger charge is -2.38. The van der Waals surface area contributed by atoms with E-state index in [0.29, 0.717) is 16.5 Å². The van der Waals surface area contributed by atoms with Crippen LogP contribution in [0.4, 0.5) is 11.4 Å². The van der Waals surface area contributed by atoms with Crippen molar-refractivity contribution >= 4 is 34.8 Å². The summed E-state index contributed by atoms with van der Waals surface area (Å²) >= 11 is 6.23. The van der Waals surface area contributed by atoms with Gasteiger partial charge in [-0.2, -0.15) is 0 Å². The van der Waals surface area contributed by atoms with Gasteiger partial charge in [-0.05, 0) is 105 Å². The molecule has 0 spiro atoms. The molecular formula is C32H36ClN3O4. The molecule has 5 rings (SSSR count). The number of ether oxygens (including phenoxy) is 2. The van der Waals surface area contributed by atoms with Crippen LogP contribution in [0.3, 0.4) is 0 Å². The summed E-state index contributed by atoms with van der Waals surface area (Å²) in [5, 5.41) is 3.94. The second kappa shape index (κ2) is 11.9. The normalized spacial score (nSPS) is 17.5. The highest BCUT2D eigenvalue weighted by molar-refractivity contribution is 6.30. The number of hydrogen-bond acceptors (Lipinski definition) is 5. The minimum atomic E-state index is -0.395. The van der Waals surface area contributed by atoms with Crippen molar-refractivity contribution in [1.82, 2.24) is 5.32 Å². The number of piperidine rings is 1. The summed E-state index contributed by atoms with van der Waals surface area (Å²) < 4.78 is 11.7. The smallest absolute Gasteiger partial charge is 0.232 e. The van der Waals surface area contributed by atoms with E-state index in [1.54, 1.807) is 12.0 Å². The fourth-order valence-corrected chi connectivity index (χ4v) is 5.76. The van der Waals surface area contributed by atoms with Gasteiger partial charge in [0.2, 0.25) is 11.8 Å². The van der Waals surface area contributed by atoms with Crippen molar-refractivity contribution in [3.8, 4) is 11.5 Å². The van der Waals surface area contributed by atoms with E-state index in [1.165, 1.54) is 0 Å². The third-order valence-electron chi connectivity index (χ3n) is 7.67. The van der Waals surface area contributed by atoms with Gasteiger partial charge in [-0.3, -0.25) is 9.59 Å². The van der Waals surface area contributed by atoms with Gasteiger partial charge in [0.1, 0.15) is 0 Å². The molecule has 210 valence electrons. The van der Waals surface area contributed by atoms with Gasteiger partial charge in [-0.15, -0.1) is 0 Å². The number of amides is 2. The van der Waals surface area contributed by atoms with Crippen LogP contribution < -0.4 is 24.6 Å². The van der Waals surface area contributed by atoms with Crippen LogP contribution in [0.15, 0.2) is 60.7 Å². The van der Waals surface area contributed by atoms with Crippen molar-refractivity contribution in [1.29, 1.82) is 0 Å². The maximum Gasteiger partial charge on any atom is 0.232 e. The summed E-state index contributed by atoms with van der Waals surface area (Å²) in [6.07, 6.45) is 1.88. The number of fused-ring (bicyclic) bond motifs is 1. The number of carbonyl (C=O) groups excluding carboxylic acids is 2. The maximum atomic E-state index is 13.8. The van der Waals surface area contributed by atoms with E-state index in [-0.39, 0.29) is 30.3 Å². The number of anilines is 2. The predicted octanol–water partition coefficient (Wildman–Crippen LogP) is 5.78. The molecule has 0 radical (unpaired) electrons. The van der Waals surface area contributed by atoms with Crippen LogP contribution in [0.2, 0.25) is 5.02 Å². The van der Waals surface area contributed by atoms with Crippen molar-refractivity contribution in [2.45, 2.75) is 45.3 Å². The van der Waals surface area contributed by atoms with Gasteiger partial charge in [0.15, 0.2) is 11.5 Å². The molecule has 1 unspecified atom stereocenters. The molecule has 3 aromatic rings. The number of rotatable bonds is 7. The molecular weight excluding hydrogens is 526 g/mol. The van der Waals surface area contributed by atoms with Crippen molar-refractivity contribution in [2.75, 3.05) is 37.0 Å². The van der Waals surface area contributed by atoms with Gasteiger partial charge in [-0.1, -0.05) is 23.7 Å². The zero-order chi connectivity index (χ0) is 28.4. The zero-order valence-corrected chi connectivity index (χ0v) is 24.2. The number of nitrogens with zero attached hydrogens (tertiary/aromatic N) is 2. The average molecular weight is 562 g/mol. The summed E-state index contributed by atoms with van der Waals surface area (Å²) in [6.45, 7) is 5.67. The van der Waals surface area contributed by atoms with Gasteiger partial charge >= 0.3 is 0 Å². The molecule has 7 nitrogen and oxygen atoms in total. The molecule has 0 saturated carbocycles. The third-order valence-corrected chi connectivity index (χ3v) is 7.92. The van der Waals surface area contributed by atoms with E-state index in [2.05, 4.69) is 5.32 Å². The first-order valence-electron chi connectivity index (χ1n) is 13.8. The number of carbonyl (C=O) groups is 2. The predicted molar refractivity (Wildman–Crippen MR) is 159 cm³/mol. The van der Waals surface area contributed by atoms with Gasteiger partial charge in [0.25, 0.3) is 0 Å². The first kappa shape index (κ1) is 28.0. The molecule has 1 atom stereocenters. The van der Waals surface area contributed by atoms with Crippen LogP contribution in [0.25, 0.3) is 0 Å². The van der Waals surface area contributed by atoms with Crippen LogP contribution in [0.5, 0.6) is 11.5 Å². The molecule has 40 heavy (non-hydrogen) atoms. The van der Waals surface area contributed by atoms with Crippen LogP contribution in [0.1, 0.15) is 49.4 Å². The van der Waals surface area contributed by atoms with Crippen molar-refractivity contribution < 1.29 is 19.1 Å². The number of hydrogen-bond donors (Lipinski definition) is 1. The largest absolute Gasteiger partial charge is 0.493 e. The van der Waals surface area contributed by atoms with Gasteiger partial charge in [0.05, 0.1) is 25.7 Å². The van der Waals surface area contributed by atoms with E-state index < -0.39 is 6.04 Å². The molecule has 0 aliphatic carbocycles. The Balaban J connectivity index is 1.53. The van der Waals surface area contributed by atoms with Crippen LogP contribution >= 0.6 is 11.6 Å². The minimum absolute atomic E-state index is 0.0274. The zero-order valence-electron chi connectivity index (χ0n) is 23.4. The summed E-state index contributed by atoms with van der Waals surface area (Å²) in [7, 11) is 3.43. The van der Waals surface area contributed by atoms with E-state index in [9.17, 15) is 9.59 Å². The molecule has 2 aliphatic heterocycles. The second-order valence-corrected chi connectivity index (χ2v) is 11.1. The Morgan fingerprint density at radius 1 is 1.02 bits per heavy atom. The Morgan fingerprint density at radius 3 is 2.33 bits per heavy atom. The van der Waals surface area contributed by atoms with E-state index in [1.807, 2.05) is 86.5 Å². The van der Waals surface area contributed by atoms with E-state index in [4.69, 9.17) is 21.1 Å². The first-order chi connectivity index (χ1) is 19.3. The Kier molecular flexibility index (Phi) is 8.33. The number of methoxy groups -OCH3 is 1. The molecule has 2 amide bonds. The second-order valence-electron chi connectivity index (χ2n) is 10.7. The van der Waals surface area contributed by atoms with E-state index >= 15 is 0 Å². The Bertz CT molecular complexity index is 1370. The lowest BCUT2D eigenvalue weighted by molar-refractivity contribution is -0.123. The summed E-state index contributed by atoms with van der Waals surface area (Å²) in [5.41, 5.74) is 4.36. The first-order valence-corrected chi connectivity index (χ1v) is 14.2. The number of benzene rings is 3. The van der Waals surface area contributed by atoms with Crippen molar-refractivity contribution in [3.63, 3.8) is 0 Å². The fourth-order valence-electron chi connectivity index (χ4n) is 5.64. The third kappa shape index (κ3) is 5.67. The SMILES string of the molecule is COc1cc2c(cc1OC(C)C)C(c1ccc(Cl)cc1)N(c1ccc(N(C)C(=O)C3CCNCC3)cc1)C(=O)C2. The Hall–Kier alpha value is -3.55. The highest BCUT2D eigenvalue weighted by atomic mass is 35.5. The molecule has 2 aliphatic rings. The quantitative estimate of drug-likeness (QED) is 0.396. The monoisotopic (exact) mass is 561 g/mol. The molecule has 1 N–H and O–H groups in total. The van der Waals surface area contributed by atoms with Crippen molar-refractivity contribution in [2.24, 2.45) is 5.92 Å². The number of halogens is 1. The molecule has 3 aromatic carbocycles. The summed E-state index contributed by atoms with van der Waals surface area (Å²) in [6, 6.07) is 18.8.